The van der Waals surface area contributed by atoms with Crippen LogP contribution in [0.25, 0.3) is 0 Å². The van der Waals surface area contributed by atoms with Crippen LogP contribution in [0, 0.1) is 0 Å². The summed E-state index contributed by atoms with van der Waals surface area (Å²) in [6, 6.07) is 7.92. The third-order valence-corrected chi connectivity index (χ3v) is 1.80. The molecule has 0 saturated carbocycles. The molecule has 0 spiro atoms. The number of hydrogen-bond donors (Lipinski definition) is 1. The van der Waals surface area contributed by atoms with Crippen molar-refractivity contribution in [3.8, 4) is 0 Å². The average molecular weight is 167 g/mol. The number of nitrogens with one attached hydrogen (secondary N) is 1. The standard InChI is InChI=1S/C8H7ClN2/c9-8-10-5-6-3-1-2-4-7(6)11-8/h1-5,8,11H. The first-order valence-corrected chi connectivity index (χ1v) is 3.83. The van der Waals surface area contributed by atoms with Gasteiger partial charge in [-0.05, 0) is 6.07 Å². The summed E-state index contributed by atoms with van der Waals surface area (Å²) in [5, 5.41) is 3.03. The first kappa shape index (κ1) is 6.68. The molecular weight excluding hydrogens is 160 g/mol. The second kappa shape index (κ2) is 2.55. The van der Waals surface area contributed by atoms with Crippen molar-refractivity contribution in [2.45, 2.75) is 5.62 Å². The van der Waals surface area contributed by atoms with Crippen LogP contribution in [-0.2, 0) is 0 Å². The highest BCUT2D eigenvalue weighted by molar-refractivity contribution is 6.22. The van der Waals surface area contributed by atoms with Crippen LogP contribution in [0.2, 0.25) is 0 Å². The number of nitrogens with zero attached hydrogens (tertiary/aromatic N) is 1. The monoisotopic (exact) mass is 166 g/mol. The molecule has 0 bridgehead atoms. The quantitative estimate of drug-likeness (QED) is 0.463. The fourth-order valence-corrected chi connectivity index (χ4v) is 1.23. The molecular formula is C8H7ClN2. The molecule has 0 saturated heterocycles. The topological polar surface area (TPSA) is 24.4 Å². The highest BCUT2D eigenvalue weighted by Crippen LogP contribution is 2.19. The first-order chi connectivity index (χ1) is 5.36. The Morgan fingerprint density at radius 1 is 1.36 bits per heavy atom. The summed E-state index contributed by atoms with van der Waals surface area (Å²) >= 11 is 5.74. The minimum absolute atomic E-state index is 0.315. The number of halogens is 1. The zero-order chi connectivity index (χ0) is 7.68. The van der Waals surface area contributed by atoms with Crippen LogP contribution < -0.4 is 5.32 Å². The molecule has 1 aromatic rings. The Labute approximate surface area is 69.9 Å². The van der Waals surface area contributed by atoms with Gasteiger partial charge in [0.15, 0.2) is 5.62 Å². The molecule has 11 heavy (non-hydrogen) atoms. The van der Waals surface area contributed by atoms with Gasteiger partial charge in [-0.3, -0.25) is 4.99 Å². The molecule has 2 nitrogen and oxygen atoms in total. The van der Waals surface area contributed by atoms with Crippen LogP contribution in [0.3, 0.4) is 0 Å². The van der Waals surface area contributed by atoms with E-state index >= 15 is 0 Å². The molecule has 1 aliphatic rings. The van der Waals surface area contributed by atoms with E-state index in [1.807, 2.05) is 24.3 Å². The SMILES string of the molecule is ClC1N=Cc2ccccc2N1. The number of rotatable bonds is 0. The molecule has 0 aliphatic carbocycles. The molecule has 3 heteroatoms. The molecule has 2 rings (SSSR count). The predicted octanol–water partition coefficient (Wildman–Crippen LogP) is 2.05. The van der Waals surface area contributed by atoms with Gasteiger partial charge < -0.3 is 5.32 Å². The van der Waals surface area contributed by atoms with Gasteiger partial charge in [-0.15, -0.1) is 0 Å². The lowest BCUT2D eigenvalue weighted by Gasteiger charge is -2.15. The summed E-state index contributed by atoms with van der Waals surface area (Å²) in [6.45, 7) is 0. The normalized spacial score (nSPS) is 20.6. The maximum absolute atomic E-state index is 5.74. The molecule has 1 aliphatic heterocycles. The van der Waals surface area contributed by atoms with E-state index in [-0.39, 0.29) is 5.62 Å². The molecule has 1 unspecified atom stereocenters. The zero-order valence-corrected chi connectivity index (χ0v) is 6.55. The van der Waals surface area contributed by atoms with Crippen molar-refractivity contribution in [3.63, 3.8) is 0 Å². The Hall–Kier alpha value is -1.02. The van der Waals surface area contributed by atoms with Gasteiger partial charge in [0.2, 0.25) is 0 Å². The largest absolute Gasteiger partial charge is 0.351 e. The lowest BCUT2D eigenvalue weighted by molar-refractivity contribution is 1.04. The van der Waals surface area contributed by atoms with E-state index in [2.05, 4.69) is 10.3 Å². The number of hydrogen-bond acceptors (Lipinski definition) is 2. The van der Waals surface area contributed by atoms with E-state index in [4.69, 9.17) is 11.6 Å². The van der Waals surface area contributed by atoms with Gasteiger partial charge >= 0.3 is 0 Å². The van der Waals surface area contributed by atoms with Gasteiger partial charge in [-0.25, -0.2) is 0 Å². The number of anilines is 1. The number of para-hydroxylation sites is 1. The molecule has 1 aromatic carbocycles. The van der Waals surface area contributed by atoms with Crippen molar-refractivity contribution in [1.82, 2.24) is 0 Å². The minimum Gasteiger partial charge on any atom is -0.351 e. The molecule has 0 aromatic heterocycles. The highest BCUT2D eigenvalue weighted by Gasteiger charge is 2.08. The molecule has 0 fully saturated rings. The minimum atomic E-state index is -0.315. The Balaban J connectivity index is 2.46. The van der Waals surface area contributed by atoms with Crippen molar-refractivity contribution in [3.05, 3.63) is 29.8 Å². The van der Waals surface area contributed by atoms with Gasteiger partial charge in [0.25, 0.3) is 0 Å². The molecule has 1 N–H and O–H groups in total. The van der Waals surface area contributed by atoms with Crippen LogP contribution in [-0.4, -0.2) is 11.8 Å². The summed E-state index contributed by atoms with van der Waals surface area (Å²) in [7, 11) is 0. The van der Waals surface area contributed by atoms with E-state index in [9.17, 15) is 0 Å². The van der Waals surface area contributed by atoms with Gasteiger partial charge in [0.1, 0.15) is 0 Å². The number of aliphatic imine (C=N–C) groups is 1. The van der Waals surface area contributed by atoms with Crippen molar-refractivity contribution < 1.29 is 0 Å². The average Bonchev–Trinajstić information content (AvgIpc) is 2.04. The molecule has 56 valence electrons. The van der Waals surface area contributed by atoms with Gasteiger partial charge in [-0.1, -0.05) is 29.8 Å². The second-order valence-corrected chi connectivity index (χ2v) is 2.76. The maximum Gasteiger partial charge on any atom is 0.195 e. The lowest BCUT2D eigenvalue weighted by atomic mass is 10.2. The summed E-state index contributed by atoms with van der Waals surface area (Å²) in [5.41, 5.74) is 1.82. The van der Waals surface area contributed by atoms with Gasteiger partial charge in [-0.2, -0.15) is 0 Å². The van der Waals surface area contributed by atoms with Gasteiger partial charge in [0.05, 0.1) is 0 Å². The van der Waals surface area contributed by atoms with Gasteiger partial charge in [0, 0.05) is 17.5 Å². The zero-order valence-electron chi connectivity index (χ0n) is 5.79. The fourth-order valence-electron chi connectivity index (χ4n) is 1.05. The van der Waals surface area contributed by atoms with Crippen LogP contribution in [0.4, 0.5) is 5.69 Å². The third kappa shape index (κ3) is 1.21. The molecule has 1 atom stereocenters. The van der Waals surface area contributed by atoms with E-state index in [1.54, 1.807) is 6.21 Å². The third-order valence-electron chi connectivity index (χ3n) is 1.58. The number of benzene rings is 1. The van der Waals surface area contributed by atoms with Crippen molar-refractivity contribution >= 4 is 23.5 Å². The van der Waals surface area contributed by atoms with Crippen LogP contribution in [0.15, 0.2) is 29.3 Å². The second-order valence-electron chi connectivity index (χ2n) is 2.35. The Kier molecular flexibility index (Phi) is 1.55. The summed E-state index contributed by atoms with van der Waals surface area (Å²) in [4.78, 5) is 4.00. The molecule has 0 radical (unpaired) electrons. The lowest BCUT2D eigenvalue weighted by Crippen LogP contribution is -2.15. The number of alkyl halides is 1. The molecule has 0 amide bonds. The predicted molar refractivity (Wildman–Crippen MR) is 47.3 cm³/mol. The Morgan fingerprint density at radius 3 is 3.09 bits per heavy atom. The molecule has 1 heterocycles. The maximum atomic E-state index is 5.74. The van der Waals surface area contributed by atoms with E-state index in [0.29, 0.717) is 0 Å². The summed E-state index contributed by atoms with van der Waals surface area (Å²) in [6.07, 6.45) is 1.78. The fraction of sp³-hybridized carbons (Fsp3) is 0.125. The number of fused-ring (bicyclic) bond motifs is 1. The van der Waals surface area contributed by atoms with E-state index < -0.39 is 0 Å². The van der Waals surface area contributed by atoms with E-state index in [1.165, 1.54) is 0 Å². The van der Waals surface area contributed by atoms with Crippen molar-refractivity contribution in [1.29, 1.82) is 0 Å². The highest BCUT2D eigenvalue weighted by atomic mass is 35.5. The summed E-state index contributed by atoms with van der Waals surface area (Å²) < 4.78 is 0. The van der Waals surface area contributed by atoms with Crippen LogP contribution in [0.5, 0.6) is 0 Å². The Morgan fingerprint density at radius 2 is 2.18 bits per heavy atom. The van der Waals surface area contributed by atoms with Crippen LogP contribution in [0.1, 0.15) is 5.56 Å². The Bertz CT molecular complexity index is 296. The van der Waals surface area contributed by atoms with Crippen molar-refractivity contribution in [2.75, 3.05) is 5.32 Å². The smallest absolute Gasteiger partial charge is 0.195 e. The van der Waals surface area contributed by atoms with Crippen LogP contribution >= 0.6 is 11.6 Å². The summed E-state index contributed by atoms with van der Waals surface area (Å²) in [5.74, 6) is 0. The van der Waals surface area contributed by atoms with Crippen molar-refractivity contribution in [2.24, 2.45) is 4.99 Å². The van der Waals surface area contributed by atoms with E-state index in [0.717, 1.165) is 11.3 Å². The first-order valence-electron chi connectivity index (χ1n) is 3.39.